The molecule has 2 unspecified atom stereocenters. The van der Waals surface area contributed by atoms with E-state index in [0.717, 1.165) is 12.8 Å². The largest absolute Gasteiger partial charge is 0.406 e. The fraction of sp³-hybridized carbons (Fsp3) is 1.00. The van der Waals surface area contributed by atoms with Crippen LogP contribution < -0.4 is 5.32 Å². The molecule has 0 aliphatic heterocycles. The van der Waals surface area contributed by atoms with Crippen molar-refractivity contribution in [1.29, 1.82) is 0 Å². The monoisotopic (exact) mass is 237 g/mol. The molecule has 4 heteroatoms. The predicted octanol–water partition coefficient (Wildman–Crippen LogP) is 3.74. The molecule has 0 aromatic heterocycles. The Kier molecular flexibility index (Phi) is 4.27. The average Bonchev–Trinajstić information content (AvgIpc) is 2.15. The molecule has 1 aliphatic carbocycles. The van der Waals surface area contributed by atoms with Gasteiger partial charge in [-0.05, 0) is 38.1 Å². The molecule has 1 aliphatic rings. The molecule has 1 saturated carbocycles. The molecule has 96 valence electrons. The van der Waals surface area contributed by atoms with E-state index >= 15 is 0 Å². The molecule has 0 aromatic rings. The lowest BCUT2D eigenvalue weighted by atomic mass is 9.73. The van der Waals surface area contributed by atoms with Gasteiger partial charge in [-0.1, -0.05) is 26.7 Å². The van der Waals surface area contributed by atoms with Crippen molar-refractivity contribution in [3.8, 4) is 0 Å². The van der Waals surface area contributed by atoms with Crippen LogP contribution in [0.2, 0.25) is 0 Å². The first kappa shape index (κ1) is 13.8. The van der Waals surface area contributed by atoms with Crippen molar-refractivity contribution in [2.75, 3.05) is 7.05 Å². The maximum Gasteiger partial charge on any atom is 0.406 e. The highest BCUT2D eigenvalue weighted by atomic mass is 19.4. The van der Waals surface area contributed by atoms with Gasteiger partial charge in [0.25, 0.3) is 0 Å². The molecular formula is C12H22F3N. The average molecular weight is 237 g/mol. The number of hydrogen-bond acceptors (Lipinski definition) is 1. The first-order valence-corrected chi connectivity index (χ1v) is 6.06. The molecule has 1 N–H and O–H groups in total. The lowest BCUT2D eigenvalue weighted by Gasteiger charge is -2.42. The van der Waals surface area contributed by atoms with Crippen molar-refractivity contribution in [2.45, 2.75) is 57.7 Å². The van der Waals surface area contributed by atoms with Crippen LogP contribution in [0.3, 0.4) is 0 Å². The predicted molar refractivity (Wildman–Crippen MR) is 59.3 cm³/mol. The third-order valence-corrected chi connectivity index (χ3v) is 3.68. The molecule has 1 fully saturated rings. The smallest absolute Gasteiger partial charge is 0.307 e. The Morgan fingerprint density at radius 3 is 2.44 bits per heavy atom. The highest BCUT2D eigenvalue weighted by Gasteiger charge is 2.55. The van der Waals surface area contributed by atoms with Gasteiger partial charge in [0.15, 0.2) is 0 Å². The Hall–Kier alpha value is -0.250. The van der Waals surface area contributed by atoms with E-state index in [0.29, 0.717) is 12.3 Å². The first-order chi connectivity index (χ1) is 7.31. The Morgan fingerprint density at radius 2 is 2.00 bits per heavy atom. The highest BCUT2D eigenvalue weighted by molar-refractivity contribution is 4.98. The zero-order valence-corrected chi connectivity index (χ0v) is 10.3. The van der Waals surface area contributed by atoms with E-state index in [2.05, 4.69) is 19.2 Å². The SMILES string of the molecule is CNC1(C(F)(F)F)CCCC(CC(C)C)C1. The summed E-state index contributed by atoms with van der Waals surface area (Å²) in [4.78, 5) is 0. The minimum absolute atomic E-state index is 0.211. The minimum Gasteiger partial charge on any atom is -0.307 e. The summed E-state index contributed by atoms with van der Waals surface area (Å²) in [6, 6.07) is 0. The third-order valence-electron chi connectivity index (χ3n) is 3.68. The number of halogens is 3. The second kappa shape index (κ2) is 4.94. The number of hydrogen-bond donors (Lipinski definition) is 1. The molecule has 1 nitrogen and oxygen atoms in total. The summed E-state index contributed by atoms with van der Waals surface area (Å²) in [6.07, 6.45) is -1.14. The van der Waals surface area contributed by atoms with Gasteiger partial charge < -0.3 is 5.32 Å². The molecule has 1 rings (SSSR count). The van der Waals surface area contributed by atoms with Crippen molar-refractivity contribution in [3.63, 3.8) is 0 Å². The molecule has 0 aromatic carbocycles. The van der Waals surface area contributed by atoms with Crippen LogP contribution in [0.25, 0.3) is 0 Å². The van der Waals surface area contributed by atoms with Crippen LogP contribution in [0.1, 0.15) is 46.0 Å². The van der Waals surface area contributed by atoms with E-state index in [-0.39, 0.29) is 18.8 Å². The maximum absolute atomic E-state index is 13.0. The maximum atomic E-state index is 13.0. The molecule has 0 amide bonds. The van der Waals surface area contributed by atoms with E-state index in [9.17, 15) is 13.2 Å². The van der Waals surface area contributed by atoms with Crippen LogP contribution >= 0.6 is 0 Å². The van der Waals surface area contributed by atoms with Crippen LogP contribution in [-0.4, -0.2) is 18.8 Å². The van der Waals surface area contributed by atoms with Crippen LogP contribution in [0, 0.1) is 11.8 Å². The van der Waals surface area contributed by atoms with Gasteiger partial charge in [-0.2, -0.15) is 13.2 Å². The van der Waals surface area contributed by atoms with Crippen LogP contribution in [0.4, 0.5) is 13.2 Å². The van der Waals surface area contributed by atoms with Gasteiger partial charge in [0, 0.05) is 0 Å². The first-order valence-electron chi connectivity index (χ1n) is 6.06. The zero-order chi connectivity index (χ0) is 12.4. The topological polar surface area (TPSA) is 12.0 Å². The summed E-state index contributed by atoms with van der Waals surface area (Å²) >= 11 is 0. The molecule has 0 saturated heterocycles. The molecule has 0 radical (unpaired) electrons. The van der Waals surface area contributed by atoms with E-state index in [4.69, 9.17) is 0 Å². The second-order valence-corrected chi connectivity index (χ2v) is 5.42. The summed E-state index contributed by atoms with van der Waals surface area (Å²) in [5.41, 5.74) is -1.63. The van der Waals surface area contributed by atoms with Crippen LogP contribution in [-0.2, 0) is 0 Å². The van der Waals surface area contributed by atoms with E-state index in [1.54, 1.807) is 0 Å². The zero-order valence-electron chi connectivity index (χ0n) is 10.3. The van der Waals surface area contributed by atoms with Crippen LogP contribution in [0.5, 0.6) is 0 Å². The van der Waals surface area contributed by atoms with Crippen LogP contribution in [0.15, 0.2) is 0 Å². The third kappa shape index (κ3) is 2.90. The van der Waals surface area contributed by atoms with Gasteiger partial charge in [0.05, 0.1) is 0 Å². The van der Waals surface area contributed by atoms with Gasteiger partial charge >= 0.3 is 6.18 Å². The Morgan fingerprint density at radius 1 is 1.38 bits per heavy atom. The number of rotatable bonds is 3. The quantitative estimate of drug-likeness (QED) is 0.788. The van der Waals surface area contributed by atoms with Gasteiger partial charge in [-0.25, -0.2) is 0 Å². The fourth-order valence-electron chi connectivity index (χ4n) is 2.88. The second-order valence-electron chi connectivity index (χ2n) is 5.42. The van der Waals surface area contributed by atoms with E-state index in [1.165, 1.54) is 7.05 Å². The normalized spacial score (nSPS) is 32.1. The summed E-state index contributed by atoms with van der Waals surface area (Å²) in [6.45, 7) is 4.15. The van der Waals surface area contributed by atoms with Crippen molar-refractivity contribution < 1.29 is 13.2 Å². The van der Waals surface area contributed by atoms with Crippen molar-refractivity contribution in [1.82, 2.24) is 5.32 Å². The summed E-state index contributed by atoms with van der Waals surface area (Å²) < 4.78 is 39.1. The molecule has 16 heavy (non-hydrogen) atoms. The van der Waals surface area contributed by atoms with Crippen molar-refractivity contribution >= 4 is 0 Å². The summed E-state index contributed by atoms with van der Waals surface area (Å²) in [7, 11) is 1.44. The molecule has 0 bridgehead atoms. The van der Waals surface area contributed by atoms with Crippen molar-refractivity contribution in [2.24, 2.45) is 11.8 Å². The number of nitrogens with one attached hydrogen (secondary N) is 1. The fourth-order valence-corrected chi connectivity index (χ4v) is 2.88. The van der Waals surface area contributed by atoms with E-state index < -0.39 is 11.7 Å². The standard InChI is InChI=1S/C12H22F3N/c1-9(2)7-10-5-4-6-11(8-10,16-3)12(13,14)15/h9-10,16H,4-8H2,1-3H3. The van der Waals surface area contributed by atoms with Crippen molar-refractivity contribution in [3.05, 3.63) is 0 Å². The van der Waals surface area contributed by atoms with Gasteiger partial charge in [0.2, 0.25) is 0 Å². The minimum atomic E-state index is -4.13. The van der Waals surface area contributed by atoms with Gasteiger partial charge in [0.1, 0.15) is 5.54 Å². The molecular weight excluding hydrogens is 215 g/mol. The summed E-state index contributed by atoms with van der Waals surface area (Å²) in [5, 5.41) is 2.54. The molecule has 0 heterocycles. The Bertz CT molecular complexity index is 225. The molecule has 0 spiro atoms. The summed E-state index contributed by atoms with van der Waals surface area (Å²) in [5.74, 6) is 0.689. The Labute approximate surface area is 95.8 Å². The lowest BCUT2D eigenvalue weighted by molar-refractivity contribution is -0.208. The lowest BCUT2D eigenvalue weighted by Crippen LogP contribution is -2.57. The van der Waals surface area contributed by atoms with Gasteiger partial charge in [-0.15, -0.1) is 0 Å². The van der Waals surface area contributed by atoms with Gasteiger partial charge in [-0.3, -0.25) is 0 Å². The Balaban J connectivity index is 2.73. The van der Waals surface area contributed by atoms with E-state index in [1.807, 2.05) is 0 Å². The highest BCUT2D eigenvalue weighted by Crippen LogP contribution is 2.44. The molecule has 2 atom stereocenters. The number of alkyl halides is 3.